The molecule has 1 heteroatoms. The molecule has 0 heterocycles. The van der Waals surface area contributed by atoms with Gasteiger partial charge in [0.1, 0.15) is 0 Å². The van der Waals surface area contributed by atoms with E-state index in [9.17, 15) is 0 Å². The fraction of sp³-hybridized carbons (Fsp3) is 0.0806. The third-order valence-corrected chi connectivity index (χ3v) is 12.0. The van der Waals surface area contributed by atoms with Crippen molar-refractivity contribution in [3.05, 3.63) is 252 Å². The zero-order chi connectivity index (χ0) is 43.7. The Bertz CT molecular complexity index is 3210. The van der Waals surface area contributed by atoms with E-state index in [1.165, 1.54) is 87.6 Å². The number of fused-ring (bicyclic) bond motifs is 7. The van der Waals surface area contributed by atoms with Gasteiger partial charge in [-0.3, -0.25) is 4.99 Å². The van der Waals surface area contributed by atoms with E-state index in [4.69, 9.17) is 0 Å². The van der Waals surface area contributed by atoms with Crippen molar-refractivity contribution < 1.29 is 0 Å². The lowest BCUT2D eigenvalue weighted by Gasteiger charge is -2.18. The number of nitrogens with zero attached hydrogens (tertiary/aromatic N) is 1. The van der Waals surface area contributed by atoms with Crippen LogP contribution in [-0.4, -0.2) is 6.72 Å². The van der Waals surface area contributed by atoms with Gasteiger partial charge in [-0.05, 0) is 145 Å². The lowest BCUT2D eigenvalue weighted by Crippen LogP contribution is -1.93. The minimum Gasteiger partial charge on any atom is -0.264 e. The minimum absolute atomic E-state index is 0.842. The number of allylic oxidation sites excluding steroid dienone is 2. The van der Waals surface area contributed by atoms with Gasteiger partial charge in [-0.1, -0.05) is 213 Å². The Balaban J connectivity index is 0.000000168. The van der Waals surface area contributed by atoms with Crippen LogP contribution in [0.15, 0.2) is 224 Å². The maximum atomic E-state index is 4.10. The average molecular weight is 812 g/mol. The summed E-state index contributed by atoms with van der Waals surface area (Å²) in [6.07, 6.45) is 3.10. The highest BCUT2D eigenvalue weighted by atomic mass is 14.7. The summed E-state index contributed by atoms with van der Waals surface area (Å²) in [6.45, 7) is 16.5. The van der Waals surface area contributed by atoms with E-state index in [2.05, 4.69) is 204 Å². The maximum absolute atomic E-state index is 4.10. The van der Waals surface area contributed by atoms with Crippen LogP contribution in [0.4, 0.5) is 0 Å². The van der Waals surface area contributed by atoms with Crippen LogP contribution in [-0.2, 0) is 6.42 Å². The van der Waals surface area contributed by atoms with E-state index >= 15 is 0 Å². The van der Waals surface area contributed by atoms with Crippen LogP contribution in [0, 0.1) is 20.8 Å². The molecule has 0 spiro atoms. The quantitative estimate of drug-likeness (QED) is 0.0864. The van der Waals surface area contributed by atoms with Crippen molar-refractivity contribution in [1.29, 1.82) is 0 Å². The van der Waals surface area contributed by atoms with Gasteiger partial charge in [-0.2, -0.15) is 0 Å². The summed E-state index contributed by atoms with van der Waals surface area (Å²) in [7, 11) is 0. The minimum atomic E-state index is 0.842. The number of benzene rings is 10. The van der Waals surface area contributed by atoms with E-state index in [0.717, 1.165) is 28.8 Å². The zero-order valence-electron chi connectivity index (χ0n) is 36.8. The molecule has 0 saturated heterocycles. The summed E-state index contributed by atoms with van der Waals surface area (Å²) in [5.74, 6) is 0. The van der Waals surface area contributed by atoms with Crippen molar-refractivity contribution in [2.75, 3.05) is 0 Å². The summed E-state index contributed by atoms with van der Waals surface area (Å²) in [5.41, 5.74) is 14.4. The predicted octanol–water partition coefficient (Wildman–Crippen LogP) is 17.2. The summed E-state index contributed by atoms with van der Waals surface area (Å²) in [4.78, 5) is 4.10. The molecule has 0 radical (unpaired) electrons. The fourth-order valence-electron chi connectivity index (χ4n) is 8.60. The third-order valence-electron chi connectivity index (χ3n) is 12.0. The van der Waals surface area contributed by atoms with E-state index in [0.29, 0.717) is 0 Å². The lowest BCUT2D eigenvalue weighted by atomic mass is 9.85. The summed E-state index contributed by atoms with van der Waals surface area (Å²) in [6, 6.07) is 73.3. The molecule has 0 saturated carbocycles. The van der Waals surface area contributed by atoms with Crippen LogP contribution >= 0.6 is 0 Å². The van der Waals surface area contributed by atoms with Crippen molar-refractivity contribution >= 4 is 61.1 Å². The van der Waals surface area contributed by atoms with Crippen LogP contribution in [0.1, 0.15) is 40.3 Å². The molecular weight excluding hydrogens is 759 g/mol. The molecule has 0 aliphatic heterocycles. The molecule has 10 aromatic carbocycles. The van der Waals surface area contributed by atoms with Crippen LogP contribution in [0.25, 0.3) is 76.6 Å². The maximum Gasteiger partial charge on any atom is 0.0700 e. The van der Waals surface area contributed by atoms with Crippen molar-refractivity contribution in [1.82, 2.24) is 0 Å². The summed E-state index contributed by atoms with van der Waals surface area (Å²) >= 11 is 0. The molecule has 0 unspecified atom stereocenters. The van der Waals surface area contributed by atoms with Gasteiger partial charge in [0.25, 0.3) is 0 Å². The normalized spacial score (nSPS) is 11.1. The monoisotopic (exact) mass is 811 g/mol. The molecule has 10 rings (SSSR count). The van der Waals surface area contributed by atoms with Gasteiger partial charge in [-0.15, -0.1) is 0 Å². The first kappa shape index (κ1) is 42.1. The van der Waals surface area contributed by atoms with Crippen LogP contribution in [0.2, 0.25) is 0 Å². The number of hydrogen-bond donors (Lipinski definition) is 0. The van der Waals surface area contributed by atoms with Crippen molar-refractivity contribution in [2.45, 2.75) is 34.1 Å². The average Bonchev–Trinajstić information content (AvgIpc) is 3.34. The van der Waals surface area contributed by atoms with Gasteiger partial charge in [0.05, 0.1) is 5.70 Å². The molecule has 63 heavy (non-hydrogen) atoms. The van der Waals surface area contributed by atoms with Gasteiger partial charge < -0.3 is 0 Å². The Morgan fingerprint density at radius 1 is 0.476 bits per heavy atom. The Morgan fingerprint density at radius 2 is 1.00 bits per heavy atom. The van der Waals surface area contributed by atoms with Gasteiger partial charge in [0, 0.05) is 5.56 Å². The SMILES string of the molecule is C=N/C(=C\C(=C)c1ccccc1)c1ccc(C)cc1.CCc1ccccc1.Cc1ccccc1-c1cc2ccccc2c(-c2ccc3c4ccccc4c4ccccc4c3c2)c1C. The molecule has 0 fully saturated rings. The highest BCUT2D eigenvalue weighted by Crippen LogP contribution is 2.42. The molecular formula is C62H53N. The molecule has 0 bridgehead atoms. The van der Waals surface area contributed by atoms with Gasteiger partial charge in [0.2, 0.25) is 0 Å². The molecule has 0 N–H and O–H groups in total. The lowest BCUT2D eigenvalue weighted by molar-refractivity contribution is 1.14. The topological polar surface area (TPSA) is 12.4 Å². The molecule has 10 aromatic rings. The van der Waals surface area contributed by atoms with Crippen molar-refractivity contribution in [3.63, 3.8) is 0 Å². The second-order valence-electron chi connectivity index (χ2n) is 16.1. The Kier molecular flexibility index (Phi) is 13.0. The first-order chi connectivity index (χ1) is 30.8. The smallest absolute Gasteiger partial charge is 0.0700 e. The molecule has 306 valence electrons. The number of hydrogen-bond acceptors (Lipinski definition) is 1. The Labute approximate surface area is 373 Å². The van der Waals surface area contributed by atoms with Crippen LogP contribution < -0.4 is 0 Å². The van der Waals surface area contributed by atoms with E-state index in [1.807, 2.05) is 54.6 Å². The third kappa shape index (κ3) is 9.20. The van der Waals surface area contributed by atoms with Crippen LogP contribution in [0.5, 0.6) is 0 Å². The van der Waals surface area contributed by atoms with Gasteiger partial charge in [-0.25, -0.2) is 0 Å². The second-order valence-corrected chi connectivity index (χ2v) is 16.1. The number of aryl methyl sites for hydroxylation is 3. The Morgan fingerprint density at radius 3 is 1.59 bits per heavy atom. The highest BCUT2D eigenvalue weighted by Gasteiger charge is 2.16. The fourth-order valence-corrected chi connectivity index (χ4v) is 8.60. The summed E-state index contributed by atoms with van der Waals surface area (Å²) in [5, 5.41) is 10.5. The summed E-state index contributed by atoms with van der Waals surface area (Å²) < 4.78 is 0. The Hall–Kier alpha value is -7.61. The second kappa shape index (κ2) is 19.4. The first-order valence-electron chi connectivity index (χ1n) is 21.8. The van der Waals surface area contributed by atoms with Gasteiger partial charge in [0.15, 0.2) is 0 Å². The first-order valence-corrected chi connectivity index (χ1v) is 21.8. The van der Waals surface area contributed by atoms with Crippen molar-refractivity contribution in [2.24, 2.45) is 4.99 Å². The van der Waals surface area contributed by atoms with E-state index in [1.54, 1.807) is 0 Å². The number of rotatable bonds is 7. The molecule has 0 atom stereocenters. The van der Waals surface area contributed by atoms with Crippen LogP contribution in [0.3, 0.4) is 0 Å². The molecule has 1 nitrogen and oxygen atoms in total. The largest absolute Gasteiger partial charge is 0.264 e. The van der Waals surface area contributed by atoms with Gasteiger partial charge >= 0.3 is 0 Å². The molecule has 0 aliphatic rings. The predicted molar refractivity (Wildman–Crippen MR) is 277 cm³/mol. The van der Waals surface area contributed by atoms with E-state index in [-0.39, 0.29) is 0 Å². The molecule has 0 amide bonds. The molecule has 0 aromatic heterocycles. The highest BCUT2D eigenvalue weighted by molar-refractivity contribution is 6.26. The van der Waals surface area contributed by atoms with Crippen molar-refractivity contribution in [3.8, 4) is 22.3 Å². The van der Waals surface area contributed by atoms with E-state index < -0.39 is 0 Å². The molecule has 0 aliphatic carbocycles. The standard InChI is InChI=1S/C36H26.C18H17N.C8H10/c1-23-11-3-5-13-27(23)34-21-25-12-4-6-14-28(25)36(24(34)2)26-19-20-33-31-17-8-7-15-29(31)30-16-9-10-18-32(30)35(33)22-26;1-14-9-11-17(12-10-14)18(19-3)13-15(2)16-7-5-4-6-8-16;1-2-8-6-4-3-5-7-8/h3-22H,1-2H3;4-13H,2-3H2,1H3;3-7H,2H2,1H3/b;18-13-;. The zero-order valence-corrected chi connectivity index (χ0v) is 36.8. The number of aliphatic imine (C=N–C) groups is 1.